The molecule has 1 aliphatic rings. The molecule has 1 aliphatic carbocycles. The maximum atomic E-state index is 13.1. The Morgan fingerprint density at radius 2 is 1.96 bits per heavy atom. The summed E-state index contributed by atoms with van der Waals surface area (Å²) in [6, 6.07) is 5.33. The minimum absolute atomic E-state index is 0.115. The Bertz CT molecular complexity index is 570. The lowest BCUT2D eigenvalue weighted by molar-refractivity contribution is -0.137. The number of halogens is 3. The van der Waals surface area contributed by atoms with Crippen LogP contribution in [0.3, 0.4) is 0 Å². The number of hydrogen-bond donors (Lipinski definition) is 2. The van der Waals surface area contributed by atoms with E-state index in [1.807, 2.05) is 0 Å². The zero-order chi connectivity index (χ0) is 18.3. The van der Waals surface area contributed by atoms with Crippen LogP contribution in [-0.2, 0) is 21.2 Å². The molecule has 1 saturated carbocycles. The SMILES string of the molecule is COCCNCC(=O)NC1(c2cccc(C(F)(F)F)c2)CCCCC1. The number of methoxy groups -OCH3 is 1. The molecular weight excluding hydrogens is 333 g/mol. The minimum atomic E-state index is -4.39. The fraction of sp³-hybridized carbons (Fsp3) is 0.611. The maximum absolute atomic E-state index is 13.1. The lowest BCUT2D eigenvalue weighted by Crippen LogP contribution is -2.50. The van der Waals surface area contributed by atoms with Crippen molar-refractivity contribution < 1.29 is 22.7 Å². The van der Waals surface area contributed by atoms with E-state index >= 15 is 0 Å². The van der Waals surface area contributed by atoms with Crippen LogP contribution < -0.4 is 10.6 Å². The van der Waals surface area contributed by atoms with Gasteiger partial charge in [-0.05, 0) is 30.5 Å². The first-order valence-corrected chi connectivity index (χ1v) is 8.56. The summed E-state index contributed by atoms with van der Waals surface area (Å²) in [5.41, 5.74) is -0.867. The third kappa shape index (κ3) is 5.44. The average Bonchev–Trinajstić information content (AvgIpc) is 2.59. The highest BCUT2D eigenvalue weighted by atomic mass is 19.4. The van der Waals surface area contributed by atoms with Crippen LogP contribution >= 0.6 is 0 Å². The van der Waals surface area contributed by atoms with Crippen molar-refractivity contribution in [3.05, 3.63) is 35.4 Å². The normalized spacial score (nSPS) is 17.3. The molecule has 0 unspecified atom stereocenters. The van der Waals surface area contributed by atoms with Gasteiger partial charge in [0.15, 0.2) is 0 Å². The van der Waals surface area contributed by atoms with Crippen molar-refractivity contribution in [1.29, 1.82) is 0 Å². The summed E-state index contributed by atoms with van der Waals surface area (Å²) in [4.78, 5) is 12.3. The lowest BCUT2D eigenvalue weighted by Gasteiger charge is -2.39. The Labute approximate surface area is 146 Å². The highest BCUT2D eigenvalue weighted by Gasteiger charge is 2.37. The van der Waals surface area contributed by atoms with E-state index in [0.29, 0.717) is 31.6 Å². The number of carbonyl (C=O) groups is 1. The molecule has 0 atom stereocenters. The van der Waals surface area contributed by atoms with E-state index in [0.717, 1.165) is 25.3 Å². The molecule has 0 heterocycles. The van der Waals surface area contributed by atoms with Crippen LogP contribution in [-0.4, -0.2) is 32.7 Å². The van der Waals surface area contributed by atoms with E-state index < -0.39 is 17.3 Å². The number of rotatable bonds is 7. The number of ether oxygens (including phenoxy) is 1. The summed E-state index contributed by atoms with van der Waals surface area (Å²) < 4.78 is 44.1. The third-order valence-corrected chi connectivity index (χ3v) is 4.60. The van der Waals surface area contributed by atoms with Gasteiger partial charge in [-0.1, -0.05) is 31.4 Å². The predicted molar refractivity (Wildman–Crippen MR) is 89.1 cm³/mol. The van der Waals surface area contributed by atoms with Gasteiger partial charge < -0.3 is 15.4 Å². The van der Waals surface area contributed by atoms with E-state index in [-0.39, 0.29) is 12.5 Å². The van der Waals surface area contributed by atoms with Gasteiger partial charge in [-0.25, -0.2) is 0 Å². The number of carbonyl (C=O) groups excluding carboxylic acids is 1. The molecule has 1 aromatic rings. The first-order chi connectivity index (χ1) is 11.9. The molecule has 1 amide bonds. The molecule has 0 aromatic heterocycles. The van der Waals surface area contributed by atoms with Crippen LogP contribution in [0.2, 0.25) is 0 Å². The minimum Gasteiger partial charge on any atom is -0.383 e. The summed E-state index contributed by atoms with van der Waals surface area (Å²) in [5.74, 6) is -0.213. The molecule has 1 aromatic carbocycles. The summed E-state index contributed by atoms with van der Waals surface area (Å²) >= 11 is 0. The van der Waals surface area contributed by atoms with Crippen LogP contribution in [0.1, 0.15) is 43.2 Å². The smallest absolute Gasteiger partial charge is 0.383 e. The Kier molecular flexibility index (Phi) is 6.84. The van der Waals surface area contributed by atoms with Crippen molar-refractivity contribution in [1.82, 2.24) is 10.6 Å². The van der Waals surface area contributed by atoms with E-state index in [9.17, 15) is 18.0 Å². The molecule has 7 heteroatoms. The molecule has 0 aliphatic heterocycles. The molecule has 2 N–H and O–H groups in total. The topological polar surface area (TPSA) is 50.4 Å². The second-order valence-electron chi connectivity index (χ2n) is 6.44. The fourth-order valence-electron chi connectivity index (χ4n) is 3.32. The van der Waals surface area contributed by atoms with Gasteiger partial charge in [-0.15, -0.1) is 0 Å². The zero-order valence-electron chi connectivity index (χ0n) is 14.4. The summed E-state index contributed by atoms with van der Waals surface area (Å²) in [5, 5.41) is 5.96. The Morgan fingerprint density at radius 1 is 1.24 bits per heavy atom. The largest absolute Gasteiger partial charge is 0.416 e. The molecule has 0 bridgehead atoms. The second-order valence-corrected chi connectivity index (χ2v) is 6.44. The second kappa shape index (κ2) is 8.67. The standard InChI is InChI=1S/C18H25F3N2O2/c1-25-11-10-22-13-16(24)23-17(8-3-2-4-9-17)14-6-5-7-15(12-14)18(19,20)21/h5-7,12,22H,2-4,8-11,13H2,1H3,(H,23,24). The molecule has 0 radical (unpaired) electrons. The van der Waals surface area contributed by atoms with Crippen molar-refractivity contribution in [2.24, 2.45) is 0 Å². The van der Waals surface area contributed by atoms with Crippen LogP contribution in [0.4, 0.5) is 13.2 Å². The Hall–Kier alpha value is -1.60. The van der Waals surface area contributed by atoms with E-state index in [4.69, 9.17) is 4.74 Å². The van der Waals surface area contributed by atoms with Gasteiger partial charge in [-0.3, -0.25) is 4.79 Å². The number of benzene rings is 1. The third-order valence-electron chi connectivity index (χ3n) is 4.60. The number of nitrogens with one attached hydrogen (secondary N) is 2. The first-order valence-electron chi connectivity index (χ1n) is 8.56. The maximum Gasteiger partial charge on any atom is 0.416 e. The summed E-state index contributed by atoms with van der Waals surface area (Å²) in [6.45, 7) is 1.15. The van der Waals surface area contributed by atoms with Crippen molar-refractivity contribution in [3.63, 3.8) is 0 Å². The van der Waals surface area contributed by atoms with Gasteiger partial charge in [0.05, 0.1) is 24.3 Å². The number of amides is 1. The number of alkyl halides is 3. The van der Waals surface area contributed by atoms with Crippen molar-refractivity contribution >= 4 is 5.91 Å². The molecule has 2 rings (SSSR count). The Morgan fingerprint density at radius 3 is 2.60 bits per heavy atom. The van der Waals surface area contributed by atoms with Crippen LogP contribution in [0.25, 0.3) is 0 Å². The van der Waals surface area contributed by atoms with Crippen molar-refractivity contribution in [2.75, 3.05) is 26.8 Å². The van der Waals surface area contributed by atoms with Gasteiger partial charge in [0.25, 0.3) is 0 Å². The zero-order valence-corrected chi connectivity index (χ0v) is 14.4. The first kappa shape index (κ1) is 19.7. The van der Waals surface area contributed by atoms with Crippen molar-refractivity contribution in [2.45, 2.75) is 43.8 Å². The Balaban J connectivity index is 2.16. The quantitative estimate of drug-likeness (QED) is 0.736. The average molecular weight is 358 g/mol. The summed E-state index contributed by atoms with van der Waals surface area (Å²) in [7, 11) is 1.58. The number of hydrogen-bond acceptors (Lipinski definition) is 3. The van der Waals surface area contributed by atoms with Crippen LogP contribution in [0.15, 0.2) is 24.3 Å². The van der Waals surface area contributed by atoms with Gasteiger partial charge >= 0.3 is 6.18 Å². The molecule has 0 spiro atoms. The van der Waals surface area contributed by atoms with E-state index in [2.05, 4.69) is 10.6 Å². The lowest BCUT2D eigenvalue weighted by atomic mass is 9.76. The van der Waals surface area contributed by atoms with Gasteiger partial charge in [0.1, 0.15) is 0 Å². The molecule has 1 fully saturated rings. The molecule has 140 valence electrons. The van der Waals surface area contributed by atoms with Gasteiger partial charge in [0, 0.05) is 13.7 Å². The van der Waals surface area contributed by atoms with Gasteiger partial charge in [-0.2, -0.15) is 13.2 Å². The monoisotopic (exact) mass is 358 g/mol. The fourth-order valence-corrected chi connectivity index (χ4v) is 3.32. The van der Waals surface area contributed by atoms with Gasteiger partial charge in [0.2, 0.25) is 5.91 Å². The van der Waals surface area contributed by atoms with Crippen LogP contribution in [0, 0.1) is 0 Å². The van der Waals surface area contributed by atoms with Crippen molar-refractivity contribution in [3.8, 4) is 0 Å². The molecule has 0 saturated heterocycles. The highest BCUT2D eigenvalue weighted by Crippen LogP contribution is 2.39. The van der Waals surface area contributed by atoms with E-state index in [1.54, 1.807) is 13.2 Å². The van der Waals surface area contributed by atoms with Crippen LogP contribution in [0.5, 0.6) is 0 Å². The molecule has 4 nitrogen and oxygen atoms in total. The molecular formula is C18H25F3N2O2. The highest BCUT2D eigenvalue weighted by molar-refractivity contribution is 5.79. The van der Waals surface area contributed by atoms with E-state index in [1.165, 1.54) is 12.1 Å². The molecule has 25 heavy (non-hydrogen) atoms. The predicted octanol–water partition coefficient (Wildman–Crippen LogP) is 3.22. The summed E-state index contributed by atoms with van der Waals surface area (Å²) in [6.07, 6.45) is -0.294.